The van der Waals surface area contributed by atoms with E-state index in [2.05, 4.69) is 4.90 Å². The minimum absolute atomic E-state index is 0.0295. The Balaban J connectivity index is 1.57. The summed E-state index contributed by atoms with van der Waals surface area (Å²) in [5.41, 5.74) is 6.24. The minimum atomic E-state index is -0.490. The molecule has 8 nitrogen and oxygen atoms in total. The number of likely N-dealkylation sites (N-methyl/N-ethyl adjacent to an activating group) is 1. The Bertz CT molecular complexity index is 926. The third kappa shape index (κ3) is 6.05. The van der Waals surface area contributed by atoms with E-state index in [1.54, 1.807) is 67.5 Å². The van der Waals surface area contributed by atoms with Gasteiger partial charge in [0.25, 0.3) is 5.91 Å². The molecular formula is C23H28N4O4. The number of hydrogen-bond acceptors (Lipinski definition) is 5. The first-order valence-electron chi connectivity index (χ1n) is 10.2. The van der Waals surface area contributed by atoms with Gasteiger partial charge in [0.15, 0.2) is 0 Å². The van der Waals surface area contributed by atoms with Crippen molar-refractivity contribution in [3.05, 3.63) is 59.7 Å². The molecule has 2 aromatic rings. The van der Waals surface area contributed by atoms with E-state index in [-0.39, 0.29) is 11.8 Å². The zero-order valence-electron chi connectivity index (χ0n) is 17.9. The average Bonchev–Trinajstić information content (AvgIpc) is 2.99. The number of primary amides is 1. The van der Waals surface area contributed by atoms with Crippen molar-refractivity contribution in [1.29, 1.82) is 0 Å². The second-order valence-corrected chi connectivity index (χ2v) is 7.73. The van der Waals surface area contributed by atoms with Crippen LogP contribution in [0, 0.1) is 0 Å². The number of benzene rings is 2. The summed E-state index contributed by atoms with van der Waals surface area (Å²) in [5, 5.41) is 0. The number of carbonyl (C=O) groups is 3. The largest absolute Gasteiger partial charge is 0.457 e. The number of ether oxygens (including phenoxy) is 1. The van der Waals surface area contributed by atoms with Gasteiger partial charge in [-0.2, -0.15) is 0 Å². The summed E-state index contributed by atoms with van der Waals surface area (Å²) in [6, 6.07) is 13.5. The number of nitrogens with two attached hydrogens (primary N) is 1. The van der Waals surface area contributed by atoms with Crippen LogP contribution in [0.5, 0.6) is 11.5 Å². The van der Waals surface area contributed by atoms with E-state index in [0.717, 1.165) is 13.0 Å². The van der Waals surface area contributed by atoms with Crippen molar-refractivity contribution in [2.45, 2.75) is 6.42 Å². The second-order valence-electron chi connectivity index (χ2n) is 7.73. The molecule has 0 spiro atoms. The highest BCUT2D eigenvalue weighted by molar-refractivity contribution is 5.94. The third-order valence-electron chi connectivity index (χ3n) is 5.21. The molecule has 2 N–H and O–H groups in total. The molecule has 0 aliphatic carbocycles. The van der Waals surface area contributed by atoms with E-state index >= 15 is 0 Å². The zero-order chi connectivity index (χ0) is 22.4. The summed E-state index contributed by atoms with van der Waals surface area (Å²) < 4.78 is 5.76. The van der Waals surface area contributed by atoms with E-state index in [9.17, 15) is 14.4 Å². The molecule has 1 saturated heterocycles. The SMILES string of the molecule is CN(C)C(=O)CN1CCCN(C(=O)c2ccc(Oc3ccc(C(N)=O)cc3)cc2)CC1. The summed E-state index contributed by atoms with van der Waals surface area (Å²) in [6.07, 6.45) is 0.828. The lowest BCUT2D eigenvalue weighted by molar-refractivity contribution is -0.129. The summed E-state index contributed by atoms with van der Waals surface area (Å²) in [7, 11) is 3.50. The lowest BCUT2D eigenvalue weighted by Crippen LogP contribution is -2.39. The van der Waals surface area contributed by atoms with Gasteiger partial charge in [-0.3, -0.25) is 19.3 Å². The van der Waals surface area contributed by atoms with Crippen LogP contribution in [0.4, 0.5) is 0 Å². The number of rotatable bonds is 6. The molecule has 3 rings (SSSR count). The van der Waals surface area contributed by atoms with Gasteiger partial charge >= 0.3 is 0 Å². The van der Waals surface area contributed by atoms with Crippen LogP contribution in [0.3, 0.4) is 0 Å². The fourth-order valence-electron chi connectivity index (χ4n) is 3.34. The van der Waals surface area contributed by atoms with Crippen LogP contribution in [0.2, 0.25) is 0 Å². The first kappa shape index (κ1) is 22.3. The first-order chi connectivity index (χ1) is 14.8. The van der Waals surface area contributed by atoms with Gasteiger partial charge in [-0.25, -0.2) is 0 Å². The van der Waals surface area contributed by atoms with Crippen molar-refractivity contribution >= 4 is 17.7 Å². The number of hydrogen-bond donors (Lipinski definition) is 1. The number of carbonyl (C=O) groups excluding carboxylic acids is 3. The predicted molar refractivity (Wildman–Crippen MR) is 117 cm³/mol. The maximum atomic E-state index is 12.9. The molecule has 1 aliphatic heterocycles. The monoisotopic (exact) mass is 424 g/mol. The minimum Gasteiger partial charge on any atom is -0.457 e. The van der Waals surface area contributed by atoms with E-state index in [0.29, 0.717) is 48.8 Å². The van der Waals surface area contributed by atoms with Crippen LogP contribution in [0.1, 0.15) is 27.1 Å². The summed E-state index contributed by atoms with van der Waals surface area (Å²) >= 11 is 0. The molecule has 164 valence electrons. The van der Waals surface area contributed by atoms with Crippen LogP contribution in [0.25, 0.3) is 0 Å². The van der Waals surface area contributed by atoms with Crippen molar-refractivity contribution in [2.24, 2.45) is 5.73 Å². The highest BCUT2D eigenvalue weighted by atomic mass is 16.5. The molecule has 0 saturated carbocycles. The van der Waals surface area contributed by atoms with Crippen LogP contribution in [0.15, 0.2) is 48.5 Å². The van der Waals surface area contributed by atoms with Crippen molar-refractivity contribution in [3.63, 3.8) is 0 Å². The molecule has 1 aliphatic rings. The van der Waals surface area contributed by atoms with E-state index in [4.69, 9.17) is 10.5 Å². The molecule has 1 fully saturated rings. The molecular weight excluding hydrogens is 396 g/mol. The van der Waals surface area contributed by atoms with Gasteiger partial charge in [-0.1, -0.05) is 0 Å². The average molecular weight is 425 g/mol. The van der Waals surface area contributed by atoms with Crippen LogP contribution in [-0.4, -0.2) is 79.2 Å². The van der Waals surface area contributed by atoms with E-state index < -0.39 is 5.91 Å². The molecule has 0 unspecified atom stereocenters. The maximum Gasteiger partial charge on any atom is 0.253 e. The molecule has 3 amide bonds. The second kappa shape index (κ2) is 10.1. The van der Waals surface area contributed by atoms with E-state index in [1.165, 1.54) is 0 Å². The van der Waals surface area contributed by atoms with Gasteiger partial charge in [0, 0.05) is 51.4 Å². The van der Waals surface area contributed by atoms with Crippen molar-refractivity contribution in [1.82, 2.24) is 14.7 Å². The Kier molecular flexibility index (Phi) is 7.25. The van der Waals surface area contributed by atoms with Gasteiger partial charge in [0.05, 0.1) is 6.54 Å². The molecule has 0 bridgehead atoms. The lowest BCUT2D eigenvalue weighted by atomic mass is 10.2. The van der Waals surface area contributed by atoms with E-state index in [1.807, 2.05) is 4.90 Å². The molecule has 1 heterocycles. The van der Waals surface area contributed by atoms with Crippen LogP contribution in [-0.2, 0) is 4.79 Å². The van der Waals surface area contributed by atoms with Crippen molar-refractivity contribution in [2.75, 3.05) is 46.8 Å². The summed E-state index contributed by atoms with van der Waals surface area (Å²) in [5.74, 6) is 0.713. The standard InChI is InChI=1S/C23H28N4O4/c1-25(2)21(28)16-26-12-3-13-27(15-14-26)23(30)18-6-10-20(11-7-18)31-19-8-4-17(5-9-19)22(24)29/h4-11H,3,12-16H2,1-2H3,(H2,24,29). The molecule has 2 aromatic carbocycles. The lowest BCUT2D eigenvalue weighted by Gasteiger charge is -2.23. The zero-order valence-corrected chi connectivity index (χ0v) is 17.9. The fourth-order valence-corrected chi connectivity index (χ4v) is 3.34. The summed E-state index contributed by atoms with van der Waals surface area (Å²) in [6.45, 7) is 3.10. The molecule has 8 heteroatoms. The smallest absolute Gasteiger partial charge is 0.253 e. The highest BCUT2D eigenvalue weighted by Crippen LogP contribution is 2.22. The van der Waals surface area contributed by atoms with Gasteiger partial charge < -0.3 is 20.3 Å². The fraction of sp³-hybridized carbons (Fsp3) is 0.348. The van der Waals surface area contributed by atoms with Gasteiger partial charge in [-0.05, 0) is 55.0 Å². The normalized spacial score (nSPS) is 14.6. The Morgan fingerprint density at radius 2 is 1.45 bits per heavy atom. The van der Waals surface area contributed by atoms with Crippen molar-refractivity contribution < 1.29 is 19.1 Å². The first-order valence-corrected chi connectivity index (χ1v) is 10.2. The Morgan fingerprint density at radius 1 is 0.871 bits per heavy atom. The number of nitrogens with zero attached hydrogens (tertiary/aromatic N) is 3. The summed E-state index contributed by atoms with van der Waals surface area (Å²) in [4.78, 5) is 41.5. The Morgan fingerprint density at radius 3 is 2.00 bits per heavy atom. The van der Waals surface area contributed by atoms with Gasteiger partial charge in [0.2, 0.25) is 11.8 Å². The van der Waals surface area contributed by atoms with Crippen LogP contribution < -0.4 is 10.5 Å². The molecule has 31 heavy (non-hydrogen) atoms. The molecule has 0 atom stereocenters. The third-order valence-corrected chi connectivity index (χ3v) is 5.21. The highest BCUT2D eigenvalue weighted by Gasteiger charge is 2.22. The topological polar surface area (TPSA) is 96.2 Å². The Hall–Kier alpha value is -3.39. The quantitative estimate of drug-likeness (QED) is 0.763. The maximum absolute atomic E-state index is 12.9. The molecule has 0 radical (unpaired) electrons. The van der Waals surface area contributed by atoms with Gasteiger partial charge in [-0.15, -0.1) is 0 Å². The molecule has 0 aromatic heterocycles. The number of amides is 3. The van der Waals surface area contributed by atoms with Gasteiger partial charge in [0.1, 0.15) is 11.5 Å². The predicted octanol–water partition coefficient (Wildman–Crippen LogP) is 1.81. The van der Waals surface area contributed by atoms with Crippen molar-refractivity contribution in [3.8, 4) is 11.5 Å². The Labute approximate surface area is 182 Å². The van der Waals surface area contributed by atoms with Crippen LogP contribution >= 0.6 is 0 Å².